The van der Waals surface area contributed by atoms with E-state index >= 15 is 0 Å². The van der Waals surface area contributed by atoms with E-state index in [4.69, 9.17) is 0 Å². The van der Waals surface area contributed by atoms with Crippen molar-refractivity contribution in [2.45, 2.75) is 31.5 Å². The van der Waals surface area contributed by atoms with E-state index in [1.54, 1.807) is 17.6 Å². The molecule has 0 amide bonds. The quantitative estimate of drug-likeness (QED) is 0.730. The number of rotatable bonds is 3. The van der Waals surface area contributed by atoms with E-state index in [1.165, 1.54) is 16.3 Å². The van der Waals surface area contributed by atoms with Crippen LogP contribution in [0.15, 0.2) is 22.2 Å². The predicted molar refractivity (Wildman–Crippen MR) is 85.5 cm³/mol. The summed E-state index contributed by atoms with van der Waals surface area (Å²) < 4.78 is 3.12. The fraction of sp³-hybridized carbons (Fsp3) is 0.429. The highest BCUT2D eigenvalue weighted by atomic mass is 32.2. The van der Waals surface area contributed by atoms with Gasteiger partial charge in [0.05, 0.1) is 28.7 Å². The molecule has 0 aliphatic carbocycles. The number of fused-ring (bicyclic) bond motifs is 3. The standard InChI is InChI=1S/C14H17N5O2S/c1-8-10-9(19-12(15-8)16-13(17-19)22-4)5-6-18(11(10)21)14(2,3)7-20/h5-6,20H,7H2,1-4H3. The molecule has 116 valence electrons. The second-order valence-corrected chi connectivity index (χ2v) is 6.50. The van der Waals surface area contributed by atoms with Gasteiger partial charge >= 0.3 is 0 Å². The minimum Gasteiger partial charge on any atom is -0.394 e. The molecule has 1 N–H and O–H groups in total. The Morgan fingerprint density at radius 2 is 2.09 bits per heavy atom. The van der Waals surface area contributed by atoms with Crippen LogP contribution in [0.2, 0.25) is 0 Å². The molecule has 22 heavy (non-hydrogen) atoms. The highest BCUT2D eigenvalue weighted by Crippen LogP contribution is 2.19. The van der Waals surface area contributed by atoms with E-state index in [2.05, 4.69) is 15.1 Å². The third-order valence-electron chi connectivity index (χ3n) is 3.72. The first kappa shape index (κ1) is 15.0. The molecule has 0 unspecified atom stereocenters. The van der Waals surface area contributed by atoms with Gasteiger partial charge in [-0.1, -0.05) is 11.8 Å². The van der Waals surface area contributed by atoms with Gasteiger partial charge in [-0.05, 0) is 33.1 Å². The first-order chi connectivity index (χ1) is 10.4. The summed E-state index contributed by atoms with van der Waals surface area (Å²) in [4.78, 5) is 21.5. The molecule has 0 aliphatic rings. The first-order valence-electron chi connectivity index (χ1n) is 6.83. The number of thioether (sulfide) groups is 1. The van der Waals surface area contributed by atoms with Crippen LogP contribution < -0.4 is 5.56 Å². The molecule has 3 rings (SSSR count). The summed E-state index contributed by atoms with van der Waals surface area (Å²) >= 11 is 1.42. The highest BCUT2D eigenvalue weighted by Gasteiger charge is 2.23. The molecule has 3 heterocycles. The zero-order valence-corrected chi connectivity index (χ0v) is 13.7. The highest BCUT2D eigenvalue weighted by molar-refractivity contribution is 7.98. The minimum absolute atomic E-state index is 0.132. The fourth-order valence-corrected chi connectivity index (χ4v) is 2.74. The van der Waals surface area contributed by atoms with Gasteiger partial charge in [0, 0.05) is 6.20 Å². The Balaban J connectivity index is 2.43. The number of aryl methyl sites for hydroxylation is 1. The molecule has 0 radical (unpaired) electrons. The maximum atomic E-state index is 12.8. The van der Waals surface area contributed by atoms with Crippen LogP contribution in [0.25, 0.3) is 16.7 Å². The Bertz CT molecular complexity index is 928. The van der Waals surface area contributed by atoms with Crippen molar-refractivity contribution < 1.29 is 5.11 Å². The second kappa shape index (κ2) is 5.06. The average molecular weight is 319 g/mol. The van der Waals surface area contributed by atoms with Crippen LogP contribution in [0.5, 0.6) is 0 Å². The number of aliphatic hydroxyl groups is 1. The largest absolute Gasteiger partial charge is 0.394 e. The van der Waals surface area contributed by atoms with E-state index < -0.39 is 5.54 Å². The van der Waals surface area contributed by atoms with Crippen LogP contribution in [-0.2, 0) is 5.54 Å². The third-order valence-corrected chi connectivity index (χ3v) is 4.26. The van der Waals surface area contributed by atoms with Crippen LogP contribution in [0, 0.1) is 6.92 Å². The first-order valence-corrected chi connectivity index (χ1v) is 8.05. The van der Waals surface area contributed by atoms with Gasteiger partial charge in [-0.15, -0.1) is 5.10 Å². The molecule has 0 aliphatic heterocycles. The van der Waals surface area contributed by atoms with Gasteiger partial charge in [-0.3, -0.25) is 4.79 Å². The van der Waals surface area contributed by atoms with Gasteiger partial charge in [-0.2, -0.15) is 9.50 Å². The lowest BCUT2D eigenvalue weighted by Crippen LogP contribution is -2.39. The molecule has 0 aromatic carbocycles. The van der Waals surface area contributed by atoms with E-state index in [0.29, 0.717) is 27.5 Å². The summed E-state index contributed by atoms with van der Waals surface area (Å²) in [5, 5.41) is 15.0. The summed E-state index contributed by atoms with van der Waals surface area (Å²) in [7, 11) is 0. The van der Waals surface area contributed by atoms with E-state index in [-0.39, 0.29) is 12.2 Å². The molecular weight excluding hydrogens is 302 g/mol. The lowest BCUT2D eigenvalue weighted by molar-refractivity contribution is 0.161. The monoisotopic (exact) mass is 319 g/mol. The van der Waals surface area contributed by atoms with E-state index in [9.17, 15) is 9.90 Å². The maximum Gasteiger partial charge on any atom is 0.262 e. The van der Waals surface area contributed by atoms with Crippen LogP contribution in [0.1, 0.15) is 19.5 Å². The molecule has 0 fully saturated rings. The van der Waals surface area contributed by atoms with Gasteiger partial charge in [0.25, 0.3) is 11.3 Å². The Morgan fingerprint density at radius 3 is 2.73 bits per heavy atom. The van der Waals surface area contributed by atoms with E-state index in [1.807, 2.05) is 26.2 Å². The predicted octanol–water partition coefficient (Wildman–Crippen LogP) is 1.20. The lowest BCUT2D eigenvalue weighted by atomic mass is 10.1. The summed E-state index contributed by atoms with van der Waals surface area (Å²) in [6.45, 7) is 5.27. The van der Waals surface area contributed by atoms with Crippen LogP contribution in [-0.4, -0.2) is 42.1 Å². The number of pyridine rings is 1. The Morgan fingerprint density at radius 1 is 1.36 bits per heavy atom. The minimum atomic E-state index is -0.681. The molecule has 3 aromatic heterocycles. The number of nitrogens with zero attached hydrogens (tertiary/aromatic N) is 5. The third kappa shape index (κ3) is 2.10. The SMILES string of the molecule is CSc1nc2nc(C)c3c(=O)n(C(C)(C)CO)ccc3n2n1. The number of aliphatic hydroxyl groups excluding tert-OH is 1. The van der Waals surface area contributed by atoms with Crippen molar-refractivity contribution in [2.75, 3.05) is 12.9 Å². The average Bonchev–Trinajstić information content (AvgIpc) is 2.90. The smallest absolute Gasteiger partial charge is 0.262 e. The molecule has 3 aromatic rings. The van der Waals surface area contributed by atoms with Gasteiger partial charge in [0.1, 0.15) is 0 Å². The Kier molecular flexibility index (Phi) is 3.45. The number of hydrogen-bond acceptors (Lipinski definition) is 6. The summed E-state index contributed by atoms with van der Waals surface area (Å²) in [5.41, 5.74) is 0.407. The maximum absolute atomic E-state index is 12.8. The molecule has 0 saturated heterocycles. The number of aromatic nitrogens is 5. The summed E-state index contributed by atoms with van der Waals surface area (Å²) in [6.07, 6.45) is 3.57. The van der Waals surface area contributed by atoms with E-state index in [0.717, 1.165) is 0 Å². The summed E-state index contributed by atoms with van der Waals surface area (Å²) in [6, 6.07) is 1.81. The lowest BCUT2D eigenvalue weighted by Gasteiger charge is -2.25. The van der Waals surface area contributed by atoms with Crippen molar-refractivity contribution in [1.29, 1.82) is 0 Å². The van der Waals surface area contributed by atoms with Gasteiger partial charge < -0.3 is 9.67 Å². The molecule has 7 nitrogen and oxygen atoms in total. The molecule has 0 saturated carbocycles. The Labute approximate surface area is 131 Å². The van der Waals surface area contributed by atoms with Crippen molar-refractivity contribution in [1.82, 2.24) is 24.1 Å². The van der Waals surface area contributed by atoms with Crippen molar-refractivity contribution in [3.8, 4) is 0 Å². The molecule has 8 heteroatoms. The van der Waals surface area contributed by atoms with Gasteiger partial charge in [0.2, 0.25) is 5.16 Å². The van der Waals surface area contributed by atoms with Crippen LogP contribution >= 0.6 is 11.8 Å². The van der Waals surface area contributed by atoms with Crippen LogP contribution in [0.3, 0.4) is 0 Å². The van der Waals surface area contributed by atoms with Gasteiger partial charge in [-0.25, -0.2) is 4.98 Å². The Hall–Kier alpha value is -1.93. The summed E-state index contributed by atoms with van der Waals surface area (Å²) in [5.74, 6) is 0.480. The van der Waals surface area contributed by atoms with Crippen LogP contribution in [0.4, 0.5) is 0 Å². The fourth-order valence-electron chi connectivity index (χ4n) is 2.41. The molecular formula is C14H17N5O2S. The zero-order chi connectivity index (χ0) is 16.1. The topological polar surface area (TPSA) is 85.3 Å². The number of hydrogen-bond donors (Lipinski definition) is 1. The molecule has 0 bridgehead atoms. The zero-order valence-electron chi connectivity index (χ0n) is 12.9. The van der Waals surface area contributed by atoms with Crippen molar-refractivity contribution in [2.24, 2.45) is 0 Å². The molecule has 0 spiro atoms. The second-order valence-electron chi connectivity index (χ2n) is 5.73. The van der Waals surface area contributed by atoms with Crippen molar-refractivity contribution in [3.63, 3.8) is 0 Å². The van der Waals surface area contributed by atoms with Crippen molar-refractivity contribution in [3.05, 3.63) is 28.3 Å². The normalized spacial score (nSPS) is 12.4. The van der Waals surface area contributed by atoms with Crippen molar-refractivity contribution >= 4 is 28.4 Å². The molecule has 0 atom stereocenters. The van der Waals surface area contributed by atoms with Gasteiger partial charge in [0.15, 0.2) is 0 Å².